The summed E-state index contributed by atoms with van der Waals surface area (Å²) >= 11 is 0. The summed E-state index contributed by atoms with van der Waals surface area (Å²) in [4.78, 5) is 170. The highest BCUT2D eigenvalue weighted by molar-refractivity contribution is 5.96. The number of phenols is 1. The Morgan fingerprint density at radius 1 is 0.412 bits per heavy atom. The number of carboxylic acid groups (broad SMARTS) is 1. The van der Waals surface area contributed by atoms with Crippen LogP contribution in [-0.2, 0) is 147 Å². The molecule has 0 bridgehead atoms. The van der Waals surface area contributed by atoms with Gasteiger partial charge in [-0.25, -0.2) is 48.3 Å². The Balaban J connectivity index is 0.000000177. The first-order valence-corrected chi connectivity index (χ1v) is 44.8. The molecular weight excluding hydrogens is 1760 g/mol. The fourth-order valence-electron chi connectivity index (χ4n) is 16.5. The van der Waals surface area contributed by atoms with Gasteiger partial charge in [-0.15, -0.1) is 0 Å². The Morgan fingerprint density at radius 2 is 0.779 bits per heavy atom. The van der Waals surface area contributed by atoms with Gasteiger partial charge in [-0.2, -0.15) is 0 Å². The molecule has 0 radical (unpaired) electrons. The van der Waals surface area contributed by atoms with Crippen molar-refractivity contribution in [2.45, 2.75) is 295 Å². The van der Waals surface area contributed by atoms with Crippen molar-refractivity contribution < 1.29 is 125 Å². The first-order valence-electron chi connectivity index (χ1n) is 44.8. The summed E-state index contributed by atoms with van der Waals surface area (Å²) in [6.07, 6.45) is -1.60. The number of phenolic OH excluding ortho intramolecular Hbond substituents is 1. The molecule has 3 atom stereocenters. The van der Waals surface area contributed by atoms with Gasteiger partial charge in [-0.1, -0.05) is 47.6 Å². The number of aryl methyl sites for hydroxylation is 3. The van der Waals surface area contributed by atoms with E-state index in [1.807, 2.05) is 26.0 Å². The minimum atomic E-state index is -1.92. The van der Waals surface area contributed by atoms with Crippen molar-refractivity contribution in [3.8, 4) is 51.3 Å². The van der Waals surface area contributed by atoms with E-state index < -0.39 is 130 Å². The second-order valence-electron chi connectivity index (χ2n) is 39.2. The summed E-state index contributed by atoms with van der Waals surface area (Å²) in [5.41, 5.74) is 2.21. The number of rotatable bonds is 13. The molecule has 136 heavy (non-hydrogen) atoms. The average molecular weight is 1880 g/mol. The van der Waals surface area contributed by atoms with Crippen LogP contribution < -0.4 is 36.8 Å². The molecule has 0 fully saturated rings. The summed E-state index contributed by atoms with van der Waals surface area (Å²) in [5, 5.41) is 48.1. The van der Waals surface area contributed by atoms with E-state index in [0.717, 1.165) is 66.9 Å². The molecule has 6 N–H and O–H groups in total. The normalized spacial score (nSPS) is 16.9. The number of esters is 4. The molecule has 2 amide bonds. The SMILES string of the molecule is CC(C)(C)OC(=O)NCC(=O)O.CC(C)(C)OC(=O)OC(C)(C)C.CCc1c2c(cc3ccc(O)cc13)-c1cc3c(c(=O)n1C2)COC(=O)[C@]3(O)CC.CCc1c2c(nc3ccc(OC(=O)OC(C)(C)C)cc13)-c1cc3c(c(=O)n1C2)COC(=O)[C@@]3(CC)OC(=O)CNC(=O)OC(C)(C)C.CCc1c2c(nc3ccc(OC(=O)OC(C)(C)C)cc13)-c1cc3c(c(=O)n1C2)COC(=O)[C@]3(O)CC. The van der Waals surface area contributed by atoms with Crippen LogP contribution in [0.15, 0.2) is 93.2 Å². The molecule has 36 heteroatoms. The smallest absolute Gasteiger partial charge is 0.508 e. The van der Waals surface area contributed by atoms with Gasteiger partial charge >= 0.3 is 60.5 Å². The van der Waals surface area contributed by atoms with Gasteiger partial charge in [0, 0.05) is 44.2 Å². The standard InChI is InChI=1S/C34H39N3O10.C27H28N2O7.C23H21NO5.C9H18O3.C7H13NO4/c1-9-19-20-13-18(44-31(42)47-33(6,7)8)11-12-24(20)36-27-21(19)16-37-25(27)14-23-22(28(37)39)17-43-29(40)34(23,10-2)45-26(38)15-35-30(41)46-32(3,4)5;1-6-15-16-10-14(35-25(32)36-26(3,4)5)8-9-20(16)28-22-17(15)12-29-21(22)11-19-18(23(29)30)13-34-24(31)27(19,33)7-2;1-3-14-15-8-13(25)6-5-12(15)7-16-17(14)10-24-20(16)9-19-18(21(24)26)11-29-22(27)23(19,28)4-2;1-8(2,3)11-7(10)12-9(4,5)6;1-7(2,3)12-6(11)8-4-5(9)10/h11-14H,9-10,15-17H2,1-8H3,(H,35,41);8-11,33H,6-7,12-13H2,1-5H3;5-9,25,28H,3-4,10-11H2,1-2H3;1-6H3;4H2,1-3H3,(H,8,11)(H,9,10)/t34-;27-;23-;;/m000../s1. The number of nitrogens with zero attached hydrogens (tertiary/aromatic N) is 5. The second-order valence-corrected chi connectivity index (χ2v) is 39.2. The van der Waals surface area contributed by atoms with Crippen LogP contribution in [-0.4, -0.2) is 151 Å². The second kappa shape index (κ2) is 38.9. The lowest BCUT2D eigenvalue weighted by Gasteiger charge is -2.35. The minimum Gasteiger partial charge on any atom is -0.508 e. The molecule has 0 saturated carbocycles. The molecule has 0 unspecified atom stereocenters. The predicted molar refractivity (Wildman–Crippen MR) is 496 cm³/mol. The highest BCUT2D eigenvalue weighted by atomic mass is 16.8. The summed E-state index contributed by atoms with van der Waals surface area (Å²) in [7, 11) is 0. The highest BCUT2D eigenvalue weighted by Crippen LogP contribution is 2.47. The van der Waals surface area contributed by atoms with Gasteiger partial charge in [-0.3, -0.25) is 24.0 Å². The lowest BCUT2D eigenvalue weighted by Crippen LogP contribution is -2.49. The van der Waals surface area contributed by atoms with Gasteiger partial charge in [0.2, 0.25) is 5.60 Å². The van der Waals surface area contributed by atoms with Crippen LogP contribution in [0.1, 0.15) is 252 Å². The number of ether oxygens (including phenoxy) is 12. The third-order valence-electron chi connectivity index (χ3n) is 22.4. The van der Waals surface area contributed by atoms with Crippen LogP contribution >= 0.6 is 0 Å². The quantitative estimate of drug-likeness (QED) is 0.0355. The third kappa shape index (κ3) is 22.4. The fourth-order valence-corrected chi connectivity index (χ4v) is 16.5. The van der Waals surface area contributed by atoms with E-state index in [0.29, 0.717) is 82.3 Å². The average Bonchev–Trinajstić information content (AvgIpc) is 1.49. The van der Waals surface area contributed by atoms with E-state index in [-0.39, 0.29) is 90.5 Å². The number of pyridine rings is 5. The molecule has 6 aliphatic rings. The number of hydrogen-bond donors (Lipinski definition) is 6. The molecule has 15 rings (SSSR count). The van der Waals surface area contributed by atoms with Crippen molar-refractivity contribution >= 4 is 93.1 Å². The highest BCUT2D eigenvalue weighted by Gasteiger charge is 2.52. The number of aliphatic hydroxyl groups is 2. The number of carbonyl (C=O) groups excluding carboxylic acids is 9. The molecule has 9 aromatic rings. The molecular formula is C100H119N7O29. The van der Waals surface area contributed by atoms with E-state index in [4.69, 9.17) is 71.9 Å². The van der Waals surface area contributed by atoms with E-state index in [1.54, 1.807) is 226 Å². The Kier molecular flexibility index (Phi) is 29.4. The van der Waals surface area contributed by atoms with Crippen LogP contribution in [0.25, 0.3) is 66.6 Å². The predicted octanol–water partition coefficient (Wildman–Crippen LogP) is 15.3. The van der Waals surface area contributed by atoms with Gasteiger partial charge in [0.05, 0.1) is 75.8 Å². The molecule has 0 spiro atoms. The van der Waals surface area contributed by atoms with Gasteiger partial charge in [-0.05, 0) is 269 Å². The lowest BCUT2D eigenvalue weighted by atomic mass is 9.85. The summed E-state index contributed by atoms with van der Waals surface area (Å²) in [6.45, 7) is 41.9. The number of benzene rings is 4. The maximum atomic E-state index is 14.0. The molecule has 0 aliphatic carbocycles. The van der Waals surface area contributed by atoms with Crippen molar-refractivity contribution in [2.75, 3.05) is 13.1 Å². The van der Waals surface area contributed by atoms with Crippen molar-refractivity contribution in [1.29, 1.82) is 0 Å². The molecule has 5 aromatic heterocycles. The number of aromatic hydroxyl groups is 1. The van der Waals surface area contributed by atoms with Crippen molar-refractivity contribution in [3.63, 3.8) is 0 Å². The number of carboxylic acids is 1. The topological polar surface area (TPSA) is 478 Å². The van der Waals surface area contributed by atoms with Crippen LogP contribution in [0.5, 0.6) is 17.2 Å². The Morgan fingerprint density at radius 3 is 1.18 bits per heavy atom. The molecule has 4 aromatic carbocycles. The van der Waals surface area contributed by atoms with Gasteiger partial charge in [0.1, 0.15) is 83.8 Å². The Labute approximate surface area is 784 Å². The summed E-state index contributed by atoms with van der Waals surface area (Å²) in [6, 6.07) is 22.6. The molecule has 6 aliphatic heterocycles. The van der Waals surface area contributed by atoms with Crippen LogP contribution in [0.2, 0.25) is 0 Å². The number of carbonyl (C=O) groups is 10. The zero-order chi connectivity index (χ0) is 101. The molecule has 11 heterocycles. The summed E-state index contributed by atoms with van der Waals surface area (Å²) in [5.74, 6) is -3.46. The van der Waals surface area contributed by atoms with Crippen molar-refractivity contribution in [2.24, 2.45) is 0 Å². The number of cyclic esters (lactones) is 3. The molecule has 36 nitrogen and oxygen atoms in total. The van der Waals surface area contributed by atoms with Crippen molar-refractivity contribution in [3.05, 3.63) is 177 Å². The van der Waals surface area contributed by atoms with Crippen LogP contribution in [0.3, 0.4) is 0 Å². The summed E-state index contributed by atoms with van der Waals surface area (Å²) < 4.78 is 67.5. The van der Waals surface area contributed by atoms with Gasteiger partial charge < -0.3 is 102 Å². The minimum absolute atomic E-state index is 0.0292. The molecule has 0 saturated heterocycles. The largest absolute Gasteiger partial charge is 0.514 e. The monoisotopic (exact) mass is 1880 g/mol. The number of hydrogen-bond acceptors (Lipinski definition) is 30. The van der Waals surface area contributed by atoms with E-state index in [2.05, 4.69) is 17.6 Å². The number of aliphatic carboxylic acids is 1. The fraction of sp³-hybridized carbons (Fsp3) is 0.470. The lowest BCUT2D eigenvalue weighted by molar-refractivity contribution is -0.188. The number of fused-ring (bicyclic) bond motifs is 15. The van der Waals surface area contributed by atoms with E-state index in [1.165, 1.54) is 0 Å². The number of alkyl carbamates (subject to hydrolysis) is 2. The Bertz CT molecular complexity index is 6520. The van der Waals surface area contributed by atoms with Gasteiger partial charge in [0.15, 0.2) is 11.2 Å². The Hall–Kier alpha value is -13.8. The van der Waals surface area contributed by atoms with E-state index in [9.17, 15) is 77.6 Å². The maximum Gasteiger partial charge on any atom is 0.514 e. The van der Waals surface area contributed by atoms with Crippen LogP contribution in [0, 0.1) is 0 Å². The maximum absolute atomic E-state index is 14.0. The zero-order valence-corrected chi connectivity index (χ0v) is 81.1. The number of nitrogens with one attached hydrogen (secondary N) is 2. The van der Waals surface area contributed by atoms with Crippen LogP contribution in [0.4, 0.5) is 24.0 Å². The van der Waals surface area contributed by atoms with Crippen molar-refractivity contribution in [1.82, 2.24) is 34.3 Å². The molecule has 728 valence electrons. The number of amides is 2. The van der Waals surface area contributed by atoms with Gasteiger partial charge in [0.25, 0.3) is 16.7 Å². The van der Waals surface area contributed by atoms with E-state index >= 15 is 0 Å². The first kappa shape index (κ1) is 103. The number of aromatic nitrogens is 5. The zero-order valence-electron chi connectivity index (χ0n) is 81.1. The third-order valence-corrected chi connectivity index (χ3v) is 22.4. The first-order chi connectivity index (χ1) is 63.2.